The molecule has 15 atom stereocenters. The number of nitrogens with zero attached hydrogens (tertiary/aromatic N) is 1. The van der Waals surface area contributed by atoms with Crippen LogP contribution in [0.3, 0.4) is 0 Å². The second kappa shape index (κ2) is 43.0. The summed E-state index contributed by atoms with van der Waals surface area (Å²) >= 11 is 0. The molecule has 4 aliphatic rings. The maximum Gasteiger partial charge on any atom is 0.338 e. The first kappa shape index (κ1) is 88.5. The predicted octanol–water partition coefficient (Wildman–Crippen LogP) is 14.0. The number of methoxy groups -OCH3 is 2. The highest BCUT2D eigenvalue weighted by Crippen LogP contribution is 2.43. The fourth-order valence-corrected chi connectivity index (χ4v) is 20.5. The molecule has 3 fully saturated rings. The van der Waals surface area contributed by atoms with E-state index in [1.54, 1.807) is 73.8 Å². The molecule has 9 aromatic carbocycles. The van der Waals surface area contributed by atoms with Gasteiger partial charge >= 0.3 is 17.9 Å². The molecule has 0 radical (unpaired) electrons. The second-order valence-electron chi connectivity index (χ2n) is 31.5. The highest BCUT2D eigenvalue weighted by molar-refractivity contribution is 6.99. The van der Waals surface area contributed by atoms with Crippen LogP contribution in [0, 0.1) is 0 Å². The van der Waals surface area contributed by atoms with Gasteiger partial charge in [0, 0.05) is 19.4 Å². The molecule has 0 unspecified atom stereocenters. The van der Waals surface area contributed by atoms with Crippen molar-refractivity contribution in [1.29, 1.82) is 0 Å². The normalized spacial score (nSPS) is 23.6. The summed E-state index contributed by atoms with van der Waals surface area (Å²) in [5, 5.41) is 1.16. The van der Waals surface area contributed by atoms with Gasteiger partial charge in [0.05, 0.1) is 89.7 Å². The number of Topliss-reactive ketones (excluding diaryl/α,β-unsaturated/α-hetero) is 1. The summed E-state index contributed by atoms with van der Waals surface area (Å²) in [6.45, 7) is 8.75. The SMILES string of the molecule is COC(=O)CCCCCO[C@@H]1O[C@H](CO[C@H]2O[C@H](CO[Si](c3ccccc3)(c3ccccc3)C(C)(C)C)[C@H](OC(=O)CCC(C)=O)[C@H](O[C@H]3O[C@@H](C)[C@@H](OCc4ccccc4)[C@@H](OCc4ccccc4)[C@@H]3OCc3ccccc3)[C@H]2OC(=O)c2ccccc2)[C@@H](OCc2ccc(OC)cc2)[C@H](OCc2ccccc2)[C@H]1N1C(=O)c2ccccc2C1=O. The molecule has 4 aliphatic heterocycles. The van der Waals surface area contributed by atoms with Crippen molar-refractivity contribution in [2.45, 2.75) is 203 Å². The fraction of sp³-hybridized carbons (Fsp3) is 0.381. The monoisotopic (exact) mass is 1670 g/mol. The molecule has 636 valence electrons. The maximum atomic E-state index is 15.6. The van der Waals surface area contributed by atoms with E-state index in [0.29, 0.717) is 30.6 Å². The van der Waals surface area contributed by atoms with Crippen LogP contribution in [0.2, 0.25) is 5.04 Å². The molecule has 13 rings (SSSR count). The molecule has 0 N–H and O–H groups in total. The Labute approximate surface area is 708 Å². The number of hydrogen-bond donors (Lipinski definition) is 0. The molecule has 2 amide bonds. The summed E-state index contributed by atoms with van der Waals surface area (Å²) in [7, 11) is -0.726. The van der Waals surface area contributed by atoms with Gasteiger partial charge in [0.15, 0.2) is 31.1 Å². The first-order valence-corrected chi connectivity index (χ1v) is 43.2. The Hall–Kier alpha value is -10.3. The van der Waals surface area contributed by atoms with Crippen molar-refractivity contribution in [3.63, 3.8) is 0 Å². The lowest BCUT2D eigenvalue weighted by atomic mass is 9.94. The van der Waals surface area contributed by atoms with Gasteiger partial charge in [-0.15, -0.1) is 0 Å². The molecule has 121 heavy (non-hydrogen) atoms. The molecule has 0 spiro atoms. The topological polar surface area (TPSA) is 253 Å². The molecule has 0 aliphatic carbocycles. The Morgan fingerprint density at radius 2 is 0.868 bits per heavy atom. The van der Waals surface area contributed by atoms with E-state index < -0.39 is 136 Å². The number of carbonyl (C=O) groups is 6. The van der Waals surface area contributed by atoms with Crippen molar-refractivity contribution in [3.8, 4) is 5.75 Å². The van der Waals surface area contributed by atoms with Crippen LogP contribution in [-0.2, 0) is 118 Å². The van der Waals surface area contributed by atoms with Crippen LogP contribution in [0.4, 0.5) is 0 Å². The number of fused-ring (bicyclic) bond motifs is 1. The Kier molecular flexibility index (Phi) is 31.4. The average molecular weight is 1670 g/mol. The molecule has 9 aromatic rings. The lowest BCUT2D eigenvalue weighted by Crippen LogP contribution is -2.70. The van der Waals surface area contributed by atoms with E-state index in [-0.39, 0.29) is 94.0 Å². The second-order valence-corrected chi connectivity index (χ2v) is 35.8. The first-order chi connectivity index (χ1) is 58.9. The zero-order chi connectivity index (χ0) is 84.7. The Morgan fingerprint density at radius 3 is 1.38 bits per heavy atom. The summed E-state index contributed by atoms with van der Waals surface area (Å²) in [6, 6.07) is 79.0. The number of benzene rings is 9. The third-order valence-corrected chi connectivity index (χ3v) is 27.1. The van der Waals surface area contributed by atoms with Crippen molar-refractivity contribution in [1.82, 2.24) is 4.90 Å². The van der Waals surface area contributed by atoms with Gasteiger partial charge in [0.1, 0.15) is 66.4 Å². The van der Waals surface area contributed by atoms with E-state index in [9.17, 15) is 9.59 Å². The third kappa shape index (κ3) is 22.5. The van der Waals surface area contributed by atoms with Gasteiger partial charge in [-0.2, -0.15) is 0 Å². The van der Waals surface area contributed by atoms with E-state index in [2.05, 4.69) is 20.8 Å². The fourth-order valence-electron chi connectivity index (χ4n) is 16.0. The largest absolute Gasteiger partial charge is 0.497 e. The van der Waals surface area contributed by atoms with Crippen LogP contribution < -0.4 is 15.1 Å². The highest BCUT2D eigenvalue weighted by Gasteiger charge is 2.60. The van der Waals surface area contributed by atoms with Crippen LogP contribution in [0.5, 0.6) is 5.75 Å². The van der Waals surface area contributed by atoms with E-state index in [0.717, 1.165) is 37.5 Å². The minimum absolute atomic E-state index is 0.000367. The Bertz CT molecular complexity index is 4690. The predicted molar refractivity (Wildman–Crippen MR) is 450 cm³/mol. The number of ether oxygens (including phenoxy) is 15. The van der Waals surface area contributed by atoms with Crippen LogP contribution in [0.1, 0.15) is 132 Å². The van der Waals surface area contributed by atoms with Gasteiger partial charge in [-0.3, -0.25) is 24.1 Å². The number of esters is 3. The standard InChI is InChI=1S/C97H107NO22Si/c1-65(99)51-56-81(101)118-85-79(64-114-121(97(3,4)5,74-44-26-13-27-45-74)75-46-28-14-29-47-75)117-95(90(119-93(104)72-42-24-12-25-43-72)88(85)120-96-89(112-61-70-40-22-11-23-41-70)87(111-60-69-38-20-10-21-39-69)83(66(2)115-96)108-58-67-34-16-8-17-35-67)113-63-78-84(109-62-71-52-54-73(105-6)55-53-71)86(110-59-68-36-18-9-19-37-68)82(94(116-78)107-57-33-15-30-50-80(100)106-7)98-91(102)76-48-31-32-49-77(76)92(98)103/h8-14,16-29,31-32,34-49,52-55,66,78-79,82-90,94-96H,15,30,33,50-51,56-64H2,1-7H3/t66-,78+,79+,82+,83+,84+,85-,86+,87+,88-,89-,90+,94+,95-,96+/m0/s1. The molecule has 0 aromatic heterocycles. The Morgan fingerprint density at radius 1 is 0.405 bits per heavy atom. The van der Waals surface area contributed by atoms with E-state index in [1.165, 1.54) is 14.0 Å². The van der Waals surface area contributed by atoms with Crippen molar-refractivity contribution < 1.29 is 104 Å². The lowest BCUT2D eigenvalue weighted by molar-refractivity contribution is -0.370. The molecule has 4 heterocycles. The first-order valence-electron chi connectivity index (χ1n) is 41.3. The van der Waals surface area contributed by atoms with Crippen molar-refractivity contribution >= 4 is 54.2 Å². The number of carbonyl (C=O) groups excluding carboxylic acids is 6. The summed E-state index contributed by atoms with van der Waals surface area (Å²) < 4.78 is 112. The quantitative estimate of drug-likeness (QED) is 0.0114. The molecular weight excluding hydrogens is 1560 g/mol. The summed E-state index contributed by atoms with van der Waals surface area (Å²) in [4.78, 5) is 87.9. The molecule has 3 saturated heterocycles. The molecule has 0 saturated carbocycles. The zero-order valence-corrected chi connectivity index (χ0v) is 70.3. The van der Waals surface area contributed by atoms with Crippen molar-refractivity contribution in [3.05, 3.63) is 305 Å². The number of unbranched alkanes of at least 4 members (excludes halogenated alkanes) is 2. The Balaban J connectivity index is 0.980. The zero-order valence-electron chi connectivity index (χ0n) is 69.3. The summed E-state index contributed by atoms with van der Waals surface area (Å²) in [5.41, 5.74) is 4.36. The average Bonchev–Trinajstić information content (AvgIpc) is 1.73. The van der Waals surface area contributed by atoms with Gasteiger partial charge < -0.3 is 80.3 Å². The number of imide groups is 1. The van der Waals surface area contributed by atoms with Gasteiger partial charge in [0.2, 0.25) is 0 Å². The van der Waals surface area contributed by atoms with Crippen LogP contribution in [0.25, 0.3) is 0 Å². The lowest BCUT2D eigenvalue weighted by Gasteiger charge is -2.51. The van der Waals surface area contributed by atoms with Gasteiger partial charge in [-0.05, 0) is 106 Å². The van der Waals surface area contributed by atoms with Gasteiger partial charge in [-0.25, -0.2) is 4.79 Å². The minimum Gasteiger partial charge on any atom is -0.497 e. The molecule has 24 heteroatoms. The van der Waals surface area contributed by atoms with Gasteiger partial charge in [-0.1, -0.05) is 252 Å². The number of rotatable bonds is 40. The van der Waals surface area contributed by atoms with Crippen LogP contribution >= 0.6 is 0 Å². The summed E-state index contributed by atoms with van der Waals surface area (Å²) in [6.07, 6.45) is -18.3. The molecular formula is C97H107NO22Si. The van der Waals surface area contributed by atoms with E-state index in [1.807, 2.05) is 201 Å². The smallest absolute Gasteiger partial charge is 0.338 e. The van der Waals surface area contributed by atoms with Crippen molar-refractivity contribution in [2.24, 2.45) is 0 Å². The summed E-state index contributed by atoms with van der Waals surface area (Å²) in [5.74, 6) is -3.02. The number of hydrogen-bond acceptors (Lipinski definition) is 22. The molecule has 0 bridgehead atoms. The molecule has 23 nitrogen and oxygen atoms in total. The van der Waals surface area contributed by atoms with E-state index >= 15 is 19.2 Å². The van der Waals surface area contributed by atoms with Crippen molar-refractivity contribution in [2.75, 3.05) is 34.0 Å². The van der Waals surface area contributed by atoms with Crippen LogP contribution in [0.15, 0.2) is 261 Å². The minimum atomic E-state index is -3.63. The number of ketones is 1. The van der Waals surface area contributed by atoms with Crippen LogP contribution in [-0.4, -0.2) is 175 Å². The number of amides is 2. The maximum absolute atomic E-state index is 15.6. The highest BCUT2D eigenvalue weighted by atomic mass is 28.4. The van der Waals surface area contributed by atoms with E-state index in [4.69, 9.17) is 75.5 Å². The third-order valence-electron chi connectivity index (χ3n) is 22.1. The van der Waals surface area contributed by atoms with Gasteiger partial charge in [0.25, 0.3) is 20.1 Å².